The van der Waals surface area contributed by atoms with E-state index in [1.165, 1.54) is 12.1 Å². The topological polar surface area (TPSA) is 57.6 Å². The molecule has 0 aliphatic carbocycles. The summed E-state index contributed by atoms with van der Waals surface area (Å²) < 4.78 is 0.607. The molecule has 1 amide bonds. The lowest BCUT2D eigenvalue weighted by molar-refractivity contribution is 0.0696. The van der Waals surface area contributed by atoms with Gasteiger partial charge in [-0.15, -0.1) is 0 Å². The predicted molar refractivity (Wildman–Crippen MR) is 82.9 cm³/mol. The highest BCUT2D eigenvalue weighted by Crippen LogP contribution is 2.31. The van der Waals surface area contributed by atoms with Crippen molar-refractivity contribution < 1.29 is 14.7 Å². The van der Waals surface area contributed by atoms with E-state index >= 15 is 0 Å². The van der Waals surface area contributed by atoms with Gasteiger partial charge in [0.05, 0.1) is 11.3 Å². The summed E-state index contributed by atoms with van der Waals surface area (Å²) in [6, 6.07) is 12.3. The molecule has 0 fully saturated rings. The Morgan fingerprint density at radius 1 is 1.19 bits per heavy atom. The van der Waals surface area contributed by atoms with Crippen LogP contribution in [0.4, 0.5) is 5.69 Å². The molecule has 0 atom stereocenters. The summed E-state index contributed by atoms with van der Waals surface area (Å²) in [5.74, 6) is -1.04. The van der Waals surface area contributed by atoms with Crippen LogP contribution >= 0.6 is 15.9 Å². The maximum atomic E-state index is 12.6. The third kappa shape index (κ3) is 2.45. The summed E-state index contributed by atoms with van der Waals surface area (Å²) in [6.07, 6.45) is 0.787. The molecule has 1 N–H and O–H groups in total. The van der Waals surface area contributed by atoms with Crippen molar-refractivity contribution in [1.82, 2.24) is 0 Å². The molecular weight excluding hydrogens is 334 g/mol. The summed E-state index contributed by atoms with van der Waals surface area (Å²) >= 11 is 3.36. The molecular formula is C16H12BrNO3. The maximum Gasteiger partial charge on any atom is 0.335 e. The van der Waals surface area contributed by atoms with Gasteiger partial charge in [0.15, 0.2) is 0 Å². The van der Waals surface area contributed by atoms with Gasteiger partial charge >= 0.3 is 5.97 Å². The highest BCUT2D eigenvalue weighted by Gasteiger charge is 2.26. The van der Waals surface area contributed by atoms with Gasteiger partial charge in [-0.2, -0.15) is 0 Å². The second-order valence-corrected chi connectivity index (χ2v) is 5.69. The van der Waals surface area contributed by atoms with Crippen LogP contribution in [-0.2, 0) is 6.42 Å². The number of carbonyl (C=O) groups is 2. The van der Waals surface area contributed by atoms with E-state index in [9.17, 15) is 9.59 Å². The number of fused-ring (bicyclic) bond motifs is 1. The number of nitrogens with zero attached hydrogens (tertiary/aromatic N) is 1. The molecule has 21 heavy (non-hydrogen) atoms. The Bertz CT molecular complexity index is 742. The Hall–Kier alpha value is -2.14. The highest BCUT2D eigenvalue weighted by molar-refractivity contribution is 9.10. The van der Waals surface area contributed by atoms with Crippen LogP contribution < -0.4 is 4.90 Å². The van der Waals surface area contributed by atoms with Crippen LogP contribution in [0.2, 0.25) is 0 Å². The van der Waals surface area contributed by atoms with Crippen LogP contribution in [0.1, 0.15) is 26.3 Å². The van der Waals surface area contributed by atoms with Gasteiger partial charge in [-0.25, -0.2) is 4.79 Å². The lowest BCUT2D eigenvalue weighted by Gasteiger charge is -2.29. The number of amides is 1. The standard InChI is InChI=1S/C16H12BrNO3/c17-13-9-11(16(20)21)5-6-14(13)18-8-7-10-3-1-2-4-12(10)15(18)19/h1-6,9H,7-8H2,(H,20,21). The van der Waals surface area contributed by atoms with Crippen molar-refractivity contribution in [3.63, 3.8) is 0 Å². The van der Waals surface area contributed by atoms with Crippen molar-refractivity contribution >= 4 is 33.5 Å². The Kier molecular flexibility index (Phi) is 3.51. The number of hydrogen-bond acceptors (Lipinski definition) is 2. The van der Waals surface area contributed by atoms with Crippen molar-refractivity contribution in [3.05, 3.63) is 63.6 Å². The van der Waals surface area contributed by atoms with Gasteiger partial charge in [0, 0.05) is 16.6 Å². The minimum absolute atomic E-state index is 0.0550. The summed E-state index contributed by atoms with van der Waals surface area (Å²) in [5, 5.41) is 8.99. The van der Waals surface area contributed by atoms with Crippen molar-refractivity contribution in [2.45, 2.75) is 6.42 Å². The number of carboxylic acid groups (broad SMARTS) is 1. The van der Waals surface area contributed by atoms with E-state index in [1.807, 2.05) is 24.3 Å². The van der Waals surface area contributed by atoms with Gasteiger partial charge in [0.25, 0.3) is 5.91 Å². The van der Waals surface area contributed by atoms with Crippen molar-refractivity contribution in [2.24, 2.45) is 0 Å². The molecule has 2 aromatic rings. The molecule has 1 aliphatic rings. The fourth-order valence-corrected chi connectivity index (χ4v) is 3.11. The van der Waals surface area contributed by atoms with Gasteiger partial charge < -0.3 is 10.0 Å². The first-order chi connectivity index (χ1) is 10.1. The number of carbonyl (C=O) groups excluding carboxylic acids is 1. The molecule has 106 valence electrons. The molecule has 0 unspecified atom stereocenters. The van der Waals surface area contributed by atoms with Gasteiger partial charge in [0.1, 0.15) is 0 Å². The summed E-state index contributed by atoms with van der Waals surface area (Å²) in [7, 11) is 0. The fraction of sp³-hybridized carbons (Fsp3) is 0.125. The summed E-state index contributed by atoms with van der Waals surface area (Å²) in [4.78, 5) is 25.2. The van der Waals surface area contributed by atoms with E-state index in [4.69, 9.17) is 5.11 Å². The fourth-order valence-electron chi connectivity index (χ4n) is 2.51. The molecule has 0 aromatic heterocycles. The number of carboxylic acids is 1. The van der Waals surface area contributed by atoms with Crippen molar-refractivity contribution in [3.8, 4) is 0 Å². The number of rotatable bonds is 2. The van der Waals surface area contributed by atoms with Crippen molar-refractivity contribution in [1.29, 1.82) is 0 Å². The number of benzene rings is 2. The third-order valence-electron chi connectivity index (χ3n) is 3.58. The zero-order valence-corrected chi connectivity index (χ0v) is 12.6. The van der Waals surface area contributed by atoms with E-state index in [2.05, 4.69) is 15.9 Å². The average molecular weight is 346 g/mol. The third-order valence-corrected chi connectivity index (χ3v) is 4.22. The predicted octanol–water partition coefficient (Wildman–Crippen LogP) is 3.35. The van der Waals surface area contributed by atoms with E-state index in [0.29, 0.717) is 22.3 Å². The normalized spacial score (nSPS) is 14.0. The molecule has 0 radical (unpaired) electrons. The van der Waals surface area contributed by atoms with Crippen LogP contribution in [0.15, 0.2) is 46.9 Å². The zero-order chi connectivity index (χ0) is 15.0. The first-order valence-electron chi connectivity index (χ1n) is 6.50. The number of halogens is 1. The van der Waals surface area contributed by atoms with Crippen LogP contribution in [0.25, 0.3) is 0 Å². The molecule has 0 bridgehead atoms. The Labute approximate surface area is 130 Å². The first kappa shape index (κ1) is 13.8. The molecule has 0 saturated carbocycles. The quantitative estimate of drug-likeness (QED) is 0.907. The van der Waals surface area contributed by atoms with Crippen LogP contribution in [0.5, 0.6) is 0 Å². The molecule has 4 nitrogen and oxygen atoms in total. The smallest absolute Gasteiger partial charge is 0.335 e. The SMILES string of the molecule is O=C(O)c1ccc(N2CCc3ccccc3C2=O)c(Br)c1. The molecule has 3 rings (SSSR count). The molecule has 5 heteroatoms. The van der Waals surface area contributed by atoms with Crippen molar-refractivity contribution in [2.75, 3.05) is 11.4 Å². The second kappa shape index (κ2) is 5.33. The number of anilines is 1. The molecule has 1 heterocycles. The minimum atomic E-state index is -0.988. The van der Waals surface area contributed by atoms with E-state index < -0.39 is 5.97 Å². The lowest BCUT2D eigenvalue weighted by Crippen LogP contribution is -2.37. The Balaban J connectivity index is 1.99. The van der Waals surface area contributed by atoms with Gasteiger partial charge in [-0.3, -0.25) is 4.79 Å². The molecule has 1 aliphatic heterocycles. The Morgan fingerprint density at radius 3 is 2.67 bits per heavy atom. The van der Waals surface area contributed by atoms with E-state index in [-0.39, 0.29) is 11.5 Å². The largest absolute Gasteiger partial charge is 0.478 e. The summed E-state index contributed by atoms with van der Waals surface area (Å²) in [6.45, 7) is 0.584. The highest BCUT2D eigenvalue weighted by atomic mass is 79.9. The van der Waals surface area contributed by atoms with E-state index in [1.54, 1.807) is 11.0 Å². The molecule has 0 spiro atoms. The van der Waals surface area contributed by atoms with E-state index in [0.717, 1.165) is 12.0 Å². The van der Waals surface area contributed by atoms with Gasteiger partial charge in [0.2, 0.25) is 0 Å². The van der Waals surface area contributed by atoms with Gasteiger partial charge in [-0.1, -0.05) is 18.2 Å². The summed E-state index contributed by atoms with van der Waals surface area (Å²) in [5.41, 5.74) is 2.64. The van der Waals surface area contributed by atoms with Crippen LogP contribution in [-0.4, -0.2) is 23.5 Å². The molecule has 2 aromatic carbocycles. The number of hydrogen-bond donors (Lipinski definition) is 1. The van der Waals surface area contributed by atoms with Gasteiger partial charge in [-0.05, 0) is 52.2 Å². The number of aromatic carboxylic acids is 1. The molecule has 0 saturated heterocycles. The first-order valence-corrected chi connectivity index (χ1v) is 7.30. The van der Waals surface area contributed by atoms with Crippen LogP contribution in [0, 0.1) is 0 Å². The zero-order valence-electron chi connectivity index (χ0n) is 11.0. The second-order valence-electron chi connectivity index (χ2n) is 4.84. The Morgan fingerprint density at radius 2 is 1.95 bits per heavy atom. The maximum absolute atomic E-state index is 12.6. The average Bonchev–Trinajstić information content (AvgIpc) is 2.48. The lowest BCUT2D eigenvalue weighted by atomic mass is 9.98. The monoisotopic (exact) mass is 345 g/mol. The minimum Gasteiger partial charge on any atom is -0.478 e. The van der Waals surface area contributed by atoms with Crippen LogP contribution in [0.3, 0.4) is 0 Å².